The van der Waals surface area contributed by atoms with Crippen LogP contribution >= 0.6 is 11.6 Å². The molecule has 6 nitrogen and oxygen atoms in total. The van der Waals surface area contributed by atoms with Gasteiger partial charge in [-0.3, -0.25) is 4.72 Å². The summed E-state index contributed by atoms with van der Waals surface area (Å²) in [5, 5.41) is 0.358. The maximum Gasteiger partial charge on any atom is 0.341 e. The minimum Gasteiger partial charge on any atom is -0.496 e. The minimum absolute atomic E-state index is 0.0362. The first-order chi connectivity index (χ1) is 11.3. The average Bonchev–Trinajstić information content (AvgIpc) is 2.56. The van der Waals surface area contributed by atoms with Crippen molar-refractivity contribution < 1.29 is 22.7 Å². The Hall–Kier alpha value is -2.25. The molecule has 1 N–H and O–H groups in total. The molecule has 0 radical (unpaired) electrons. The van der Waals surface area contributed by atoms with Crippen LogP contribution in [-0.4, -0.2) is 28.6 Å². The predicted molar refractivity (Wildman–Crippen MR) is 91.3 cm³/mol. The molecule has 0 amide bonds. The summed E-state index contributed by atoms with van der Waals surface area (Å²) in [6.07, 6.45) is 0. The number of rotatable bonds is 5. The summed E-state index contributed by atoms with van der Waals surface area (Å²) < 4.78 is 37.0. The van der Waals surface area contributed by atoms with Gasteiger partial charge in [0.1, 0.15) is 11.3 Å². The van der Waals surface area contributed by atoms with Gasteiger partial charge in [-0.25, -0.2) is 13.2 Å². The molecular formula is C16H16ClNO5S. The molecule has 2 aromatic rings. The van der Waals surface area contributed by atoms with E-state index in [-0.39, 0.29) is 21.9 Å². The van der Waals surface area contributed by atoms with E-state index in [1.54, 1.807) is 13.0 Å². The number of nitrogens with one attached hydrogen (secondary N) is 1. The van der Waals surface area contributed by atoms with E-state index < -0.39 is 16.0 Å². The molecule has 0 atom stereocenters. The lowest BCUT2D eigenvalue weighted by molar-refractivity contribution is 0.0597. The highest BCUT2D eigenvalue weighted by Crippen LogP contribution is 2.27. The molecule has 2 aromatic carbocycles. The van der Waals surface area contributed by atoms with Crippen LogP contribution in [0.2, 0.25) is 5.02 Å². The molecule has 0 saturated heterocycles. The molecule has 0 aliphatic heterocycles. The highest BCUT2D eigenvalue weighted by molar-refractivity contribution is 7.92. The Labute approximate surface area is 145 Å². The van der Waals surface area contributed by atoms with Crippen molar-refractivity contribution in [2.75, 3.05) is 18.9 Å². The zero-order valence-electron chi connectivity index (χ0n) is 13.3. The number of halogens is 1. The molecule has 0 aromatic heterocycles. The van der Waals surface area contributed by atoms with Gasteiger partial charge in [0, 0.05) is 11.1 Å². The molecule has 24 heavy (non-hydrogen) atoms. The molecule has 0 aliphatic rings. The first-order valence-electron chi connectivity index (χ1n) is 6.84. The molecular weight excluding hydrogens is 354 g/mol. The molecule has 0 saturated carbocycles. The summed E-state index contributed by atoms with van der Waals surface area (Å²) in [4.78, 5) is 11.7. The Morgan fingerprint density at radius 2 is 1.83 bits per heavy atom. The summed E-state index contributed by atoms with van der Waals surface area (Å²) in [6, 6.07) is 8.73. The van der Waals surface area contributed by atoms with Gasteiger partial charge in [0.25, 0.3) is 10.0 Å². The molecule has 0 unspecified atom stereocenters. The molecule has 0 fully saturated rings. The van der Waals surface area contributed by atoms with E-state index in [0.29, 0.717) is 5.02 Å². The lowest BCUT2D eigenvalue weighted by atomic mass is 10.2. The monoisotopic (exact) mass is 369 g/mol. The molecule has 2 rings (SSSR count). The topological polar surface area (TPSA) is 81.7 Å². The van der Waals surface area contributed by atoms with Crippen molar-refractivity contribution in [1.82, 2.24) is 0 Å². The second kappa shape index (κ2) is 7.11. The Morgan fingerprint density at radius 1 is 1.12 bits per heavy atom. The number of hydrogen-bond donors (Lipinski definition) is 1. The van der Waals surface area contributed by atoms with Crippen molar-refractivity contribution in [3.05, 3.63) is 52.5 Å². The Morgan fingerprint density at radius 3 is 2.42 bits per heavy atom. The van der Waals surface area contributed by atoms with Crippen LogP contribution in [-0.2, 0) is 14.8 Å². The van der Waals surface area contributed by atoms with Crippen LogP contribution in [0.1, 0.15) is 15.9 Å². The molecule has 0 heterocycles. The van der Waals surface area contributed by atoms with E-state index in [1.165, 1.54) is 44.6 Å². The van der Waals surface area contributed by atoms with Crippen molar-refractivity contribution >= 4 is 33.3 Å². The second-order valence-electron chi connectivity index (χ2n) is 4.92. The smallest absolute Gasteiger partial charge is 0.341 e. The standard InChI is InChI=1S/C16H16ClNO5S/c1-10-4-6-12(9-14(10)17)24(20,21)18-11-5-7-13(16(19)23-3)15(8-11)22-2/h4-9,18H,1-3H3. The molecule has 0 aliphatic carbocycles. The average molecular weight is 370 g/mol. The number of esters is 1. The third-order valence-corrected chi connectivity index (χ3v) is 5.10. The van der Waals surface area contributed by atoms with Crippen LogP contribution in [0.15, 0.2) is 41.3 Å². The highest BCUT2D eigenvalue weighted by Gasteiger charge is 2.18. The zero-order chi connectivity index (χ0) is 17.9. The number of methoxy groups -OCH3 is 2. The van der Waals surface area contributed by atoms with Gasteiger partial charge < -0.3 is 9.47 Å². The summed E-state index contributed by atoms with van der Waals surface area (Å²) in [5.41, 5.74) is 1.22. The number of hydrogen-bond acceptors (Lipinski definition) is 5. The first-order valence-corrected chi connectivity index (χ1v) is 8.70. The lowest BCUT2D eigenvalue weighted by Crippen LogP contribution is -2.13. The van der Waals surface area contributed by atoms with Crippen molar-refractivity contribution in [2.45, 2.75) is 11.8 Å². The second-order valence-corrected chi connectivity index (χ2v) is 7.01. The van der Waals surface area contributed by atoms with E-state index in [4.69, 9.17) is 16.3 Å². The number of carbonyl (C=O) groups excluding carboxylic acids is 1. The van der Waals surface area contributed by atoms with Crippen LogP contribution in [0.3, 0.4) is 0 Å². The highest BCUT2D eigenvalue weighted by atomic mass is 35.5. The van der Waals surface area contributed by atoms with Gasteiger partial charge >= 0.3 is 5.97 Å². The van der Waals surface area contributed by atoms with E-state index >= 15 is 0 Å². The number of carbonyl (C=O) groups is 1. The van der Waals surface area contributed by atoms with Crippen molar-refractivity contribution in [1.29, 1.82) is 0 Å². The number of anilines is 1. The SMILES string of the molecule is COC(=O)c1ccc(NS(=O)(=O)c2ccc(C)c(Cl)c2)cc1OC. The number of ether oxygens (including phenoxy) is 2. The molecule has 0 spiro atoms. The number of sulfonamides is 1. The third kappa shape index (κ3) is 3.80. The van der Waals surface area contributed by atoms with E-state index in [1.807, 2.05) is 0 Å². The normalized spacial score (nSPS) is 11.0. The fraction of sp³-hybridized carbons (Fsp3) is 0.188. The number of benzene rings is 2. The number of aryl methyl sites for hydroxylation is 1. The summed E-state index contributed by atoms with van der Waals surface area (Å²) in [5.74, 6) is -0.379. The van der Waals surface area contributed by atoms with Gasteiger partial charge in [0.2, 0.25) is 0 Å². The van der Waals surface area contributed by atoms with Gasteiger partial charge in [0.05, 0.1) is 24.8 Å². The van der Waals surface area contributed by atoms with Crippen LogP contribution in [0, 0.1) is 6.92 Å². The van der Waals surface area contributed by atoms with Crippen molar-refractivity contribution in [3.63, 3.8) is 0 Å². The van der Waals surface area contributed by atoms with Crippen LogP contribution < -0.4 is 9.46 Å². The quantitative estimate of drug-likeness (QED) is 0.818. The maximum atomic E-state index is 12.4. The summed E-state index contributed by atoms with van der Waals surface area (Å²) >= 11 is 5.98. The maximum absolute atomic E-state index is 12.4. The van der Waals surface area contributed by atoms with Crippen LogP contribution in [0.5, 0.6) is 5.75 Å². The first kappa shape index (κ1) is 18.1. The van der Waals surface area contributed by atoms with Gasteiger partial charge in [0.15, 0.2) is 0 Å². The van der Waals surface area contributed by atoms with Crippen molar-refractivity contribution in [3.8, 4) is 5.75 Å². The minimum atomic E-state index is -3.82. The Kier molecular flexibility index (Phi) is 5.36. The summed E-state index contributed by atoms with van der Waals surface area (Å²) in [7, 11) is -1.20. The van der Waals surface area contributed by atoms with E-state index in [2.05, 4.69) is 9.46 Å². The Bertz CT molecular complexity index is 880. The van der Waals surface area contributed by atoms with E-state index in [9.17, 15) is 13.2 Å². The zero-order valence-corrected chi connectivity index (χ0v) is 14.9. The largest absolute Gasteiger partial charge is 0.496 e. The molecule has 128 valence electrons. The third-order valence-electron chi connectivity index (χ3n) is 3.31. The van der Waals surface area contributed by atoms with Gasteiger partial charge in [-0.1, -0.05) is 17.7 Å². The van der Waals surface area contributed by atoms with Gasteiger partial charge in [-0.2, -0.15) is 0 Å². The van der Waals surface area contributed by atoms with Crippen LogP contribution in [0.25, 0.3) is 0 Å². The molecule has 8 heteroatoms. The van der Waals surface area contributed by atoms with Crippen LogP contribution in [0.4, 0.5) is 5.69 Å². The van der Waals surface area contributed by atoms with Gasteiger partial charge in [-0.05, 0) is 36.8 Å². The Balaban J connectivity index is 2.36. The molecule has 0 bridgehead atoms. The van der Waals surface area contributed by atoms with Crippen molar-refractivity contribution in [2.24, 2.45) is 0 Å². The van der Waals surface area contributed by atoms with Gasteiger partial charge in [-0.15, -0.1) is 0 Å². The van der Waals surface area contributed by atoms with E-state index in [0.717, 1.165) is 5.56 Å². The fourth-order valence-electron chi connectivity index (χ4n) is 1.99. The summed E-state index contributed by atoms with van der Waals surface area (Å²) in [6.45, 7) is 1.78. The predicted octanol–water partition coefficient (Wildman–Crippen LogP) is 3.24. The fourth-order valence-corrected chi connectivity index (χ4v) is 3.31. The lowest BCUT2D eigenvalue weighted by Gasteiger charge is -2.12.